The molecule has 1 aromatic carbocycles. The van der Waals surface area contributed by atoms with Crippen LogP contribution in [0.4, 0.5) is 0 Å². The van der Waals surface area contributed by atoms with E-state index in [9.17, 15) is 9.59 Å². The van der Waals surface area contributed by atoms with Gasteiger partial charge in [0.2, 0.25) is 0 Å². The highest BCUT2D eigenvalue weighted by Gasteiger charge is 2.26. The summed E-state index contributed by atoms with van der Waals surface area (Å²) < 4.78 is 5.30. The lowest BCUT2D eigenvalue weighted by molar-refractivity contribution is -0.130. The molecule has 22 heavy (non-hydrogen) atoms. The topological polar surface area (TPSA) is 55.4 Å². The van der Waals surface area contributed by atoms with Gasteiger partial charge in [-0.3, -0.25) is 4.79 Å². The van der Waals surface area contributed by atoms with Gasteiger partial charge in [0.25, 0.3) is 5.91 Å². The summed E-state index contributed by atoms with van der Waals surface area (Å²) in [5.41, 5.74) is 1.36. The molecule has 1 aromatic rings. The number of amides is 1. The molecule has 0 heterocycles. The van der Waals surface area contributed by atoms with Crippen LogP contribution in [0.2, 0.25) is 0 Å². The van der Waals surface area contributed by atoms with E-state index in [4.69, 9.17) is 4.74 Å². The monoisotopic (exact) mass is 303 g/mol. The minimum absolute atomic E-state index is 0.195. The highest BCUT2D eigenvalue weighted by Crippen LogP contribution is 2.23. The fourth-order valence-corrected chi connectivity index (χ4v) is 2.91. The maximum Gasteiger partial charge on any atom is 0.339 e. The first-order chi connectivity index (χ1) is 10.5. The minimum atomic E-state index is -0.777. The Morgan fingerprint density at radius 1 is 1.23 bits per heavy atom. The molecule has 4 heteroatoms. The Hall–Kier alpha value is -1.84. The van der Waals surface area contributed by atoms with E-state index in [2.05, 4.69) is 12.2 Å². The Balaban J connectivity index is 1.91. The van der Waals surface area contributed by atoms with Crippen LogP contribution in [0.5, 0.6) is 0 Å². The largest absolute Gasteiger partial charge is 0.449 e. The van der Waals surface area contributed by atoms with E-state index in [1.807, 2.05) is 19.1 Å². The zero-order valence-electron chi connectivity index (χ0n) is 13.6. The van der Waals surface area contributed by atoms with Crippen molar-refractivity contribution in [3.63, 3.8) is 0 Å². The van der Waals surface area contributed by atoms with Crippen LogP contribution in [0.1, 0.15) is 55.5 Å². The summed E-state index contributed by atoms with van der Waals surface area (Å²) >= 11 is 0. The standard InChI is InChI=1S/C18H25NO3/c1-12-8-4-6-10-15(12)18(21)22-14(3)17(20)19-16-11-7-5-9-13(16)2/h4,6,8,10,13-14,16H,5,7,9,11H2,1-3H3,(H,19,20)/t13-,14-,16+/m0/s1. The average Bonchev–Trinajstić information content (AvgIpc) is 2.49. The lowest BCUT2D eigenvalue weighted by Crippen LogP contribution is -2.46. The van der Waals surface area contributed by atoms with Crippen LogP contribution >= 0.6 is 0 Å². The fourth-order valence-electron chi connectivity index (χ4n) is 2.91. The van der Waals surface area contributed by atoms with E-state index >= 15 is 0 Å². The third-order valence-corrected chi connectivity index (χ3v) is 4.46. The number of carbonyl (C=O) groups excluding carboxylic acids is 2. The quantitative estimate of drug-likeness (QED) is 0.869. The van der Waals surface area contributed by atoms with E-state index in [0.29, 0.717) is 11.5 Å². The summed E-state index contributed by atoms with van der Waals surface area (Å²) in [6.07, 6.45) is 3.74. The van der Waals surface area contributed by atoms with Crippen LogP contribution in [0.3, 0.4) is 0 Å². The van der Waals surface area contributed by atoms with Crippen molar-refractivity contribution >= 4 is 11.9 Å². The number of ether oxygens (including phenoxy) is 1. The van der Waals surface area contributed by atoms with Gasteiger partial charge in [0.1, 0.15) is 0 Å². The third kappa shape index (κ3) is 4.09. The molecule has 4 nitrogen and oxygen atoms in total. The maximum atomic E-state index is 12.2. The van der Waals surface area contributed by atoms with E-state index < -0.39 is 12.1 Å². The number of aryl methyl sites for hydroxylation is 1. The Bertz CT molecular complexity index is 541. The van der Waals surface area contributed by atoms with Crippen molar-refractivity contribution < 1.29 is 14.3 Å². The molecule has 0 aliphatic heterocycles. The summed E-state index contributed by atoms with van der Waals surface area (Å²) in [4.78, 5) is 24.4. The summed E-state index contributed by atoms with van der Waals surface area (Å²) in [5.74, 6) is -0.171. The van der Waals surface area contributed by atoms with Gasteiger partial charge < -0.3 is 10.1 Å². The SMILES string of the molecule is Cc1ccccc1C(=O)O[C@@H](C)C(=O)N[C@@H]1CCCC[C@@H]1C. The summed E-state index contributed by atoms with van der Waals surface area (Å²) in [5, 5.41) is 3.02. The van der Waals surface area contributed by atoms with Gasteiger partial charge in [-0.05, 0) is 44.2 Å². The second-order valence-electron chi connectivity index (χ2n) is 6.24. The highest BCUT2D eigenvalue weighted by atomic mass is 16.5. The molecule has 1 N–H and O–H groups in total. The number of nitrogens with one attached hydrogen (secondary N) is 1. The van der Waals surface area contributed by atoms with Gasteiger partial charge in [-0.15, -0.1) is 0 Å². The van der Waals surface area contributed by atoms with Crippen LogP contribution < -0.4 is 5.32 Å². The molecular weight excluding hydrogens is 278 g/mol. The molecule has 1 aliphatic carbocycles. The normalized spacial score (nSPS) is 22.7. The van der Waals surface area contributed by atoms with Crippen LogP contribution in [-0.4, -0.2) is 24.0 Å². The highest BCUT2D eigenvalue weighted by molar-refractivity contribution is 5.93. The molecule has 1 saturated carbocycles. The van der Waals surface area contributed by atoms with Gasteiger partial charge in [-0.2, -0.15) is 0 Å². The zero-order chi connectivity index (χ0) is 16.1. The van der Waals surface area contributed by atoms with Gasteiger partial charge in [-0.25, -0.2) is 4.79 Å². The first-order valence-corrected chi connectivity index (χ1v) is 8.06. The molecule has 1 aliphatic rings. The van der Waals surface area contributed by atoms with Crippen molar-refractivity contribution in [2.24, 2.45) is 5.92 Å². The molecular formula is C18H25NO3. The van der Waals surface area contributed by atoms with Gasteiger partial charge in [0.15, 0.2) is 6.10 Å². The number of esters is 1. The molecule has 0 saturated heterocycles. The minimum Gasteiger partial charge on any atom is -0.449 e. The lowest BCUT2D eigenvalue weighted by Gasteiger charge is -2.30. The Morgan fingerprint density at radius 3 is 2.59 bits per heavy atom. The van der Waals surface area contributed by atoms with Crippen LogP contribution in [0, 0.1) is 12.8 Å². The van der Waals surface area contributed by atoms with E-state index in [0.717, 1.165) is 24.8 Å². The number of carbonyl (C=O) groups is 2. The van der Waals surface area contributed by atoms with Crippen molar-refractivity contribution in [3.05, 3.63) is 35.4 Å². The van der Waals surface area contributed by atoms with Gasteiger partial charge in [0.05, 0.1) is 5.56 Å². The summed E-state index contributed by atoms with van der Waals surface area (Å²) in [6.45, 7) is 5.64. The number of benzene rings is 1. The fraction of sp³-hybridized carbons (Fsp3) is 0.556. The smallest absolute Gasteiger partial charge is 0.339 e. The van der Waals surface area contributed by atoms with E-state index in [1.54, 1.807) is 19.1 Å². The molecule has 2 rings (SSSR count). The summed E-state index contributed by atoms with van der Waals surface area (Å²) in [7, 11) is 0. The van der Waals surface area contributed by atoms with Crippen molar-refractivity contribution in [2.45, 2.75) is 58.6 Å². The Labute approximate surface area is 132 Å². The maximum absolute atomic E-state index is 12.2. The molecule has 0 radical (unpaired) electrons. The molecule has 120 valence electrons. The first kappa shape index (κ1) is 16.5. The zero-order valence-corrected chi connectivity index (χ0v) is 13.6. The predicted molar refractivity (Wildman–Crippen MR) is 85.6 cm³/mol. The van der Waals surface area contributed by atoms with Gasteiger partial charge in [0, 0.05) is 6.04 Å². The van der Waals surface area contributed by atoms with Gasteiger partial charge in [-0.1, -0.05) is 38.0 Å². The molecule has 1 amide bonds. The van der Waals surface area contributed by atoms with Crippen molar-refractivity contribution in [1.82, 2.24) is 5.32 Å². The van der Waals surface area contributed by atoms with E-state index in [1.165, 1.54) is 6.42 Å². The van der Waals surface area contributed by atoms with Crippen molar-refractivity contribution in [1.29, 1.82) is 0 Å². The lowest BCUT2D eigenvalue weighted by atomic mass is 9.86. The molecule has 3 atom stereocenters. The third-order valence-electron chi connectivity index (χ3n) is 4.46. The van der Waals surface area contributed by atoms with E-state index in [-0.39, 0.29) is 11.9 Å². The Kier molecular flexibility index (Phi) is 5.58. The average molecular weight is 303 g/mol. The second kappa shape index (κ2) is 7.43. The number of rotatable bonds is 4. The first-order valence-electron chi connectivity index (χ1n) is 8.06. The molecule has 0 unspecified atom stereocenters. The molecule has 1 fully saturated rings. The molecule has 0 spiro atoms. The van der Waals surface area contributed by atoms with Crippen molar-refractivity contribution in [3.8, 4) is 0 Å². The van der Waals surface area contributed by atoms with Crippen molar-refractivity contribution in [2.75, 3.05) is 0 Å². The summed E-state index contributed by atoms with van der Waals surface area (Å²) in [6, 6.07) is 7.42. The number of hydrogen-bond acceptors (Lipinski definition) is 3. The van der Waals surface area contributed by atoms with Crippen LogP contribution in [0.15, 0.2) is 24.3 Å². The number of hydrogen-bond donors (Lipinski definition) is 1. The predicted octanol–water partition coefficient (Wildman–Crippen LogP) is 3.24. The van der Waals surface area contributed by atoms with Crippen LogP contribution in [0.25, 0.3) is 0 Å². The molecule has 0 aromatic heterocycles. The molecule has 0 bridgehead atoms. The van der Waals surface area contributed by atoms with Crippen LogP contribution in [-0.2, 0) is 9.53 Å². The second-order valence-corrected chi connectivity index (χ2v) is 6.24. The van der Waals surface area contributed by atoms with Gasteiger partial charge >= 0.3 is 5.97 Å². The Morgan fingerprint density at radius 2 is 1.91 bits per heavy atom.